The minimum absolute atomic E-state index is 0.217. The quantitative estimate of drug-likeness (QED) is 0.358. The lowest BCUT2D eigenvalue weighted by Gasteiger charge is -2.37. The molecule has 1 aliphatic carbocycles. The number of Topliss-reactive ketones (excluding diaryl/α,β-unsaturated/α-hetero) is 2. The van der Waals surface area contributed by atoms with Gasteiger partial charge in [-0.1, -0.05) is 17.2 Å². The van der Waals surface area contributed by atoms with Crippen LogP contribution in [0.15, 0.2) is 34.5 Å². The summed E-state index contributed by atoms with van der Waals surface area (Å²) >= 11 is 0. The first kappa shape index (κ1) is 18.6. The van der Waals surface area contributed by atoms with Crippen molar-refractivity contribution in [3.63, 3.8) is 0 Å². The molecule has 28 heavy (non-hydrogen) atoms. The van der Waals surface area contributed by atoms with Crippen LogP contribution in [0.4, 0.5) is 0 Å². The van der Waals surface area contributed by atoms with Crippen molar-refractivity contribution in [2.45, 2.75) is 43.9 Å². The van der Waals surface area contributed by atoms with Gasteiger partial charge in [0.15, 0.2) is 17.9 Å². The fourth-order valence-electron chi connectivity index (χ4n) is 4.15. The Balaban J connectivity index is 1.79. The van der Waals surface area contributed by atoms with E-state index in [0.717, 1.165) is 0 Å². The summed E-state index contributed by atoms with van der Waals surface area (Å²) in [6.07, 6.45) is -1.88. The maximum absolute atomic E-state index is 13.4. The molecule has 3 aliphatic rings. The summed E-state index contributed by atoms with van der Waals surface area (Å²) in [7, 11) is 1.44. The highest BCUT2D eigenvalue weighted by Gasteiger charge is 2.51. The van der Waals surface area contributed by atoms with Crippen LogP contribution < -0.4 is 4.74 Å². The Morgan fingerprint density at radius 3 is 2.86 bits per heavy atom. The third kappa shape index (κ3) is 2.89. The molecule has 2 heterocycles. The van der Waals surface area contributed by atoms with Crippen LogP contribution >= 0.6 is 0 Å². The Bertz CT molecular complexity index is 920. The minimum Gasteiger partial charge on any atom is -0.496 e. The van der Waals surface area contributed by atoms with E-state index in [1.54, 1.807) is 18.2 Å². The number of nitrogens with zero attached hydrogens (tertiary/aromatic N) is 3. The van der Waals surface area contributed by atoms with Crippen molar-refractivity contribution in [2.24, 2.45) is 5.11 Å². The van der Waals surface area contributed by atoms with E-state index in [1.807, 2.05) is 0 Å². The van der Waals surface area contributed by atoms with Crippen LogP contribution in [0.3, 0.4) is 0 Å². The van der Waals surface area contributed by atoms with Gasteiger partial charge >= 0.3 is 0 Å². The Labute approximate surface area is 160 Å². The molecule has 0 spiro atoms. The number of carbonyl (C=O) groups is 2. The first-order valence-electron chi connectivity index (χ1n) is 9.07. The van der Waals surface area contributed by atoms with E-state index >= 15 is 0 Å². The monoisotopic (exact) mass is 385 g/mol. The SMILES string of the molecule is COc1cccc2c1C(=O)C1=C(C2=O)[C@H]2OC(O)C[C@H]2O[C@H]1CCCN=[N+]=[N-]. The number of carbonyl (C=O) groups excluding carboxylic acids is 2. The number of azide groups is 1. The van der Waals surface area contributed by atoms with Gasteiger partial charge < -0.3 is 19.3 Å². The highest BCUT2D eigenvalue weighted by molar-refractivity contribution is 6.28. The maximum Gasteiger partial charge on any atom is 0.196 e. The normalized spacial score (nSPS) is 28.4. The molecular formula is C19H19N3O6. The standard InChI is InChI=1S/C19H19N3O6/c1-26-10-5-2-4-9-14(10)18(25)15-11(6-3-7-21-22-20)27-12-8-13(23)28-19(12)16(15)17(9)24/h2,4-5,11-13,19,23H,3,6-8H2,1H3/t11-,12+,13?,19-/m0/s1. The number of hydrogen-bond acceptors (Lipinski definition) is 7. The largest absolute Gasteiger partial charge is 0.496 e. The Morgan fingerprint density at radius 1 is 1.29 bits per heavy atom. The third-order valence-electron chi connectivity index (χ3n) is 5.31. The van der Waals surface area contributed by atoms with Crippen molar-refractivity contribution in [1.29, 1.82) is 0 Å². The summed E-state index contributed by atoms with van der Waals surface area (Å²) in [5.41, 5.74) is 9.43. The van der Waals surface area contributed by atoms with E-state index in [2.05, 4.69) is 10.0 Å². The molecule has 4 atom stereocenters. The van der Waals surface area contributed by atoms with E-state index in [4.69, 9.17) is 19.7 Å². The van der Waals surface area contributed by atoms with Crippen LogP contribution in [-0.2, 0) is 9.47 Å². The molecule has 4 rings (SSSR count). The van der Waals surface area contributed by atoms with Crippen molar-refractivity contribution in [3.8, 4) is 5.75 Å². The fourth-order valence-corrected chi connectivity index (χ4v) is 4.15. The lowest BCUT2D eigenvalue weighted by molar-refractivity contribution is -0.0939. The van der Waals surface area contributed by atoms with Gasteiger partial charge in [0.05, 0.1) is 24.9 Å². The highest BCUT2D eigenvalue weighted by atomic mass is 16.6. The van der Waals surface area contributed by atoms with Crippen molar-refractivity contribution >= 4 is 11.6 Å². The summed E-state index contributed by atoms with van der Waals surface area (Å²) in [4.78, 5) is 29.4. The molecule has 1 unspecified atom stereocenters. The second-order valence-corrected chi connectivity index (χ2v) is 6.88. The summed E-state index contributed by atoms with van der Waals surface area (Å²) in [5, 5.41) is 13.4. The number of ether oxygens (including phenoxy) is 3. The summed E-state index contributed by atoms with van der Waals surface area (Å²) in [5.74, 6) is -0.319. The van der Waals surface area contributed by atoms with E-state index < -0.39 is 24.6 Å². The number of methoxy groups -OCH3 is 1. The molecule has 1 saturated heterocycles. The lowest BCUT2D eigenvalue weighted by atomic mass is 9.76. The number of hydrogen-bond donors (Lipinski definition) is 1. The smallest absolute Gasteiger partial charge is 0.196 e. The van der Waals surface area contributed by atoms with Crippen LogP contribution in [0, 0.1) is 0 Å². The Hall–Kier alpha value is -2.71. The second kappa shape index (κ2) is 7.37. The zero-order valence-electron chi connectivity index (χ0n) is 15.2. The third-order valence-corrected chi connectivity index (χ3v) is 5.31. The van der Waals surface area contributed by atoms with Gasteiger partial charge in [-0.05, 0) is 24.4 Å². The van der Waals surface area contributed by atoms with Crippen molar-refractivity contribution < 1.29 is 28.9 Å². The minimum atomic E-state index is -1.06. The number of fused-ring (bicyclic) bond motifs is 3. The number of ketones is 2. The Kier molecular flexibility index (Phi) is 4.91. The van der Waals surface area contributed by atoms with Crippen LogP contribution in [0.25, 0.3) is 10.4 Å². The summed E-state index contributed by atoms with van der Waals surface area (Å²) in [6, 6.07) is 4.88. The van der Waals surface area contributed by atoms with Crippen LogP contribution in [-0.4, -0.2) is 54.9 Å². The van der Waals surface area contributed by atoms with Crippen LogP contribution in [0.1, 0.15) is 40.0 Å². The van der Waals surface area contributed by atoms with Gasteiger partial charge in [0.1, 0.15) is 11.9 Å². The summed E-state index contributed by atoms with van der Waals surface area (Å²) < 4.78 is 16.9. The first-order valence-corrected chi connectivity index (χ1v) is 9.07. The molecule has 0 aromatic heterocycles. The maximum atomic E-state index is 13.4. The van der Waals surface area contributed by atoms with Gasteiger partial charge in [-0.25, -0.2) is 0 Å². The number of rotatable bonds is 5. The number of aliphatic hydroxyl groups is 1. The molecule has 0 amide bonds. The molecule has 1 aromatic carbocycles. The van der Waals surface area contributed by atoms with Crippen molar-refractivity contribution in [3.05, 3.63) is 50.9 Å². The highest BCUT2D eigenvalue weighted by Crippen LogP contribution is 2.44. The van der Waals surface area contributed by atoms with Gasteiger partial charge in [-0.3, -0.25) is 9.59 Å². The molecule has 1 N–H and O–H groups in total. The van der Waals surface area contributed by atoms with E-state index in [-0.39, 0.29) is 46.8 Å². The average Bonchev–Trinajstić information content (AvgIpc) is 3.07. The molecule has 0 bridgehead atoms. The van der Waals surface area contributed by atoms with Gasteiger partial charge in [0, 0.05) is 34.6 Å². The molecule has 1 aromatic rings. The van der Waals surface area contributed by atoms with Gasteiger partial charge in [0.2, 0.25) is 0 Å². The van der Waals surface area contributed by atoms with Gasteiger partial charge in [-0.15, -0.1) is 0 Å². The zero-order valence-corrected chi connectivity index (χ0v) is 15.2. The molecule has 0 radical (unpaired) electrons. The van der Waals surface area contributed by atoms with E-state index in [0.29, 0.717) is 18.6 Å². The molecule has 9 nitrogen and oxygen atoms in total. The summed E-state index contributed by atoms with van der Waals surface area (Å²) in [6.45, 7) is 0.258. The molecule has 9 heteroatoms. The first-order chi connectivity index (χ1) is 13.6. The van der Waals surface area contributed by atoms with Crippen molar-refractivity contribution in [1.82, 2.24) is 0 Å². The second-order valence-electron chi connectivity index (χ2n) is 6.88. The topological polar surface area (TPSA) is 131 Å². The molecular weight excluding hydrogens is 366 g/mol. The average molecular weight is 385 g/mol. The number of benzene rings is 1. The lowest BCUT2D eigenvalue weighted by Crippen LogP contribution is -2.45. The van der Waals surface area contributed by atoms with Gasteiger partial charge in [-0.2, -0.15) is 0 Å². The van der Waals surface area contributed by atoms with E-state index in [1.165, 1.54) is 7.11 Å². The molecule has 2 aliphatic heterocycles. The Morgan fingerprint density at radius 2 is 2.11 bits per heavy atom. The predicted octanol–water partition coefficient (Wildman–Crippen LogP) is 2.34. The van der Waals surface area contributed by atoms with Gasteiger partial charge in [0.25, 0.3) is 0 Å². The van der Waals surface area contributed by atoms with Crippen LogP contribution in [0.2, 0.25) is 0 Å². The zero-order chi connectivity index (χ0) is 19.8. The molecule has 146 valence electrons. The predicted molar refractivity (Wildman–Crippen MR) is 96.1 cm³/mol. The molecule has 0 saturated carbocycles. The number of aliphatic hydroxyl groups excluding tert-OH is 1. The fraction of sp³-hybridized carbons (Fsp3) is 0.474. The van der Waals surface area contributed by atoms with Crippen LogP contribution in [0.5, 0.6) is 5.75 Å². The van der Waals surface area contributed by atoms with Crippen molar-refractivity contribution in [2.75, 3.05) is 13.7 Å². The van der Waals surface area contributed by atoms with E-state index in [9.17, 15) is 14.7 Å². The molecule has 1 fully saturated rings.